The minimum absolute atomic E-state index is 0.606. The molecule has 0 aliphatic heterocycles. The molecule has 1 nitrogen and oxygen atoms in total. The average Bonchev–Trinajstić information content (AvgIpc) is 2.38. The van der Waals surface area contributed by atoms with Crippen molar-refractivity contribution in [3.8, 4) is 0 Å². The molecular weight excluding hydrogens is 208 g/mol. The Morgan fingerprint density at radius 1 is 0.824 bits per heavy atom. The Balaban J connectivity index is 2.08. The van der Waals surface area contributed by atoms with Gasteiger partial charge >= 0.3 is 0 Å². The lowest BCUT2D eigenvalue weighted by atomic mass is 10.0. The maximum atomic E-state index is 10.4. The second-order valence-corrected chi connectivity index (χ2v) is 4.19. The van der Waals surface area contributed by atoms with Gasteiger partial charge in [0.2, 0.25) is 0 Å². The molecule has 0 radical (unpaired) electrons. The Bertz CT molecular complexity index is 474. The summed E-state index contributed by atoms with van der Waals surface area (Å²) in [4.78, 5) is 10.4. The third-order valence-corrected chi connectivity index (χ3v) is 2.79. The van der Waals surface area contributed by atoms with E-state index in [0.29, 0.717) is 6.42 Å². The van der Waals surface area contributed by atoms with Gasteiger partial charge < -0.3 is 4.79 Å². The van der Waals surface area contributed by atoms with Crippen LogP contribution in [-0.4, -0.2) is 6.29 Å². The smallest absolute Gasteiger partial charge is 0.120 e. The van der Waals surface area contributed by atoms with Gasteiger partial charge in [-0.15, -0.1) is 0 Å². The summed E-state index contributed by atoms with van der Waals surface area (Å²) in [6, 6.07) is 18.9. The lowest BCUT2D eigenvalue weighted by molar-refractivity contribution is -0.107. The van der Waals surface area contributed by atoms with Crippen LogP contribution in [0.2, 0.25) is 0 Å². The topological polar surface area (TPSA) is 17.1 Å². The molecule has 0 aromatic heterocycles. The van der Waals surface area contributed by atoms with Crippen LogP contribution in [0.5, 0.6) is 0 Å². The quantitative estimate of drug-likeness (QED) is 0.711. The molecule has 0 aliphatic carbocycles. The van der Waals surface area contributed by atoms with Gasteiger partial charge in [0.25, 0.3) is 0 Å². The number of aryl methyl sites for hydroxylation is 1. The number of rotatable bonds is 5. The molecule has 2 rings (SSSR count). The van der Waals surface area contributed by atoms with Crippen molar-refractivity contribution in [2.24, 2.45) is 0 Å². The van der Waals surface area contributed by atoms with Crippen molar-refractivity contribution in [1.29, 1.82) is 0 Å². The van der Waals surface area contributed by atoms with Crippen LogP contribution in [0.4, 0.5) is 0 Å². The lowest BCUT2D eigenvalue weighted by Gasteiger charge is -2.04. The van der Waals surface area contributed by atoms with Crippen LogP contribution in [0, 0.1) is 0 Å². The maximum absolute atomic E-state index is 10.4. The molecule has 0 bridgehead atoms. The van der Waals surface area contributed by atoms with Gasteiger partial charge in [0, 0.05) is 6.42 Å². The van der Waals surface area contributed by atoms with E-state index in [0.717, 1.165) is 19.1 Å². The Labute approximate surface area is 102 Å². The van der Waals surface area contributed by atoms with Crippen LogP contribution < -0.4 is 0 Å². The zero-order valence-electron chi connectivity index (χ0n) is 9.80. The van der Waals surface area contributed by atoms with Crippen LogP contribution in [0.3, 0.4) is 0 Å². The van der Waals surface area contributed by atoms with Gasteiger partial charge in [-0.05, 0) is 29.5 Å². The molecule has 0 saturated carbocycles. The van der Waals surface area contributed by atoms with Crippen LogP contribution >= 0.6 is 0 Å². The first-order chi connectivity index (χ1) is 8.38. The molecule has 2 aromatic carbocycles. The highest BCUT2D eigenvalue weighted by molar-refractivity contribution is 5.50. The monoisotopic (exact) mass is 224 g/mol. The zero-order chi connectivity index (χ0) is 11.9. The largest absolute Gasteiger partial charge is 0.303 e. The molecule has 1 heteroatoms. The van der Waals surface area contributed by atoms with Crippen LogP contribution in [0.1, 0.15) is 23.1 Å². The number of carbonyl (C=O) groups is 1. The Kier molecular flexibility index (Phi) is 4.09. The number of carbonyl (C=O) groups excluding carboxylic acids is 1. The SMILES string of the molecule is O=CCCc1cccc(Cc2ccccc2)c1. The fourth-order valence-electron chi connectivity index (χ4n) is 1.95. The molecule has 86 valence electrons. The van der Waals surface area contributed by atoms with E-state index in [1.54, 1.807) is 0 Å². The van der Waals surface area contributed by atoms with Gasteiger partial charge in [-0.25, -0.2) is 0 Å². The Morgan fingerprint density at radius 3 is 2.29 bits per heavy atom. The molecule has 0 heterocycles. The average molecular weight is 224 g/mol. The summed E-state index contributed by atoms with van der Waals surface area (Å²) >= 11 is 0. The molecule has 17 heavy (non-hydrogen) atoms. The van der Waals surface area contributed by atoms with E-state index in [1.807, 2.05) is 6.07 Å². The minimum Gasteiger partial charge on any atom is -0.303 e. The number of hydrogen-bond donors (Lipinski definition) is 0. The number of benzene rings is 2. The molecule has 0 atom stereocenters. The molecule has 0 aliphatic rings. The zero-order valence-corrected chi connectivity index (χ0v) is 9.80. The highest BCUT2D eigenvalue weighted by atomic mass is 16.1. The first-order valence-corrected chi connectivity index (χ1v) is 5.94. The van der Waals surface area contributed by atoms with E-state index in [9.17, 15) is 4.79 Å². The Hall–Kier alpha value is -1.89. The highest BCUT2D eigenvalue weighted by Crippen LogP contribution is 2.12. The molecule has 0 spiro atoms. The summed E-state index contributed by atoms with van der Waals surface area (Å²) < 4.78 is 0. The van der Waals surface area contributed by atoms with Crippen molar-refractivity contribution < 1.29 is 4.79 Å². The van der Waals surface area contributed by atoms with E-state index in [1.165, 1.54) is 16.7 Å². The van der Waals surface area contributed by atoms with E-state index < -0.39 is 0 Å². The maximum Gasteiger partial charge on any atom is 0.120 e. The van der Waals surface area contributed by atoms with Crippen LogP contribution in [0.25, 0.3) is 0 Å². The first-order valence-electron chi connectivity index (χ1n) is 5.94. The predicted molar refractivity (Wildman–Crippen MR) is 70.1 cm³/mol. The summed E-state index contributed by atoms with van der Waals surface area (Å²) in [5.74, 6) is 0. The van der Waals surface area contributed by atoms with Crippen molar-refractivity contribution >= 4 is 6.29 Å². The highest BCUT2D eigenvalue weighted by Gasteiger charge is 1.98. The van der Waals surface area contributed by atoms with E-state index in [-0.39, 0.29) is 0 Å². The van der Waals surface area contributed by atoms with E-state index in [4.69, 9.17) is 0 Å². The molecule has 0 fully saturated rings. The van der Waals surface area contributed by atoms with Crippen molar-refractivity contribution in [2.45, 2.75) is 19.3 Å². The Morgan fingerprint density at radius 2 is 1.53 bits per heavy atom. The number of hydrogen-bond acceptors (Lipinski definition) is 1. The van der Waals surface area contributed by atoms with E-state index in [2.05, 4.69) is 48.5 Å². The molecule has 0 N–H and O–H groups in total. The van der Waals surface area contributed by atoms with Crippen LogP contribution in [0.15, 0.2) is 54.6 Å². The van der Waals surface area contributed by atoms with Crippen LogP contribution in [-0.2, 0) is 17.6 Å². The predicted octanol–water partition coefficient (Wildman–Crippen LogP) is 3.41. The first kappa shape index (κ1) is 11.6. The molecule has 2 aromatic rings. The standard InChI is InChI=1S/C16H16O/c17-11-5-10-15-8-4-9-16(13-15)12-14-6-2-1-3-7-14/h1-4,6-9,11,13H,5,10,12H2. The van der Waals surface area contributed by atoms with Crippen molar-refractivity contribution in [1.82, 2.24) is 0 Å². The fourth-order valence-corrected chi connectivity index (χ4v) is 1.95. The second kappa shape index (κ2) is 6.00. The van der Waals surface area contributed by atoms with Crippen molar-refractivity contribution in [3.05, 3.63) is 71.3 Å². The second-order valence-electron chi connectivity index (χ2n) is 4.19. The van der Waals surface area contributed by atoms with Gasteiger partial charge in [-0.3, -0.25) is 0 Å². The summed E-state index contributed by atoms with van der Waals surface area (Å²) in [6.45, 7) is 0. The van der Waals surface area contributed by atoms with E-state index >= 15 is 0 Å². The van der Waals surface area contributed by atoms with Gasteiger partial charge in [0.15, 0.2) is 0 Å². The van der Waals surface area contributed by atoms with Gasteiger partial charge in [-0.1, -0.05) is 54.6 Å². The third-order valence-electron chi connectivity index (χ3n) is 2.79. The van der Waals surface area contributed by atoms with Crippen molar-refractivity contribution in [3.63, 3.8) is 0 Å². The molecular formula is C16H16O. The minimum atomic E-state index is 0.606. The molecule has 0 amide bonds. The van der Waals surface area contributed by atoms with Gasteiger partial charge in [0.05, 0.1) is 0 Å². The lowest BCUT2D eigenvalue weighted by Crippen LogP contribution is -1.91. The van der Waals surface area contributed by atoms with Crippen molar-refractivity contribution in [2.75, 3.05) is 0 Å². The molecule has 0 unspecified atom stereocenters. The van der Waals surface area contributed by atoms with Gasteiger partial charge in [-0.2, -0.15) is 0 Å². The molecule has 0 saturated heterocycles. The third kappa shape index (κ3) is 3.56. The summed E-state index contributed by atoms with van der Waals surface area (Å²) in [5, 5.41) is 0. The summed E-state index contributed by atoms with van der Waals surface area (Å²) in [5.41, 5.74) is 3.87. The number of aldehydes is 1. The fraction of sp³-hybridized carbons (Fsp3) is 0.188. The summed E-state index contributed by atoms with van der Waals surface area (Å²) in [7, 11) is 0. The summed E-state index contributed by atoms with van der Waals surface area (Å²) in [6.07, 6.45) is 3.38. The normalized spacial score (nSPS) is 10.1. The van der Waals surface area contributed by atoms with Gasteiger partial charge in [0.1, 0.15) is 6.29 Å².